The van der Waals surface area contributed by atoms with Crippen molar-refractivity contribution in [2.45, 2.75) is 30.8 Å². The monoisotopic (exact) mass is 310 g/mol. The predicted molar refractivity (Wildman–Crippen MR) is 77.2 cm³/mol. The van der Waals surface area contributed by atoms with E-state index in [0.29, 0.717) is 13.1 Å². The van der Waals surface area contributed by atoms with Crippen LogP contribution in [0.2, 0.25) is 0 Å². The summed E-state index contributed by atoms with van der Waals surface area (Å²) in [6.45, 7) is 2.39. The third-order valence-corrected chi connectivity index (χ3v) is 4.52. The summed E-state index contributed by atoms with van der Waals surface area (Å²) in [4.78, 5) is 25.4. The van der Waals surface area contributed by atoms with Gasteiger partial charge in [-0.05, 0) is 24.6 Å². The van der Waals surface area contributed by atoms with Gasteiger partial charge in [0.1, 0.15) is 6.04 Å². The number of nitrogens with zero attached hydrogens (tertiary/aromatic N) is 1. The van der Waals surface area contributed by atoms with Gasteiger partial charge in [0.15, 0.2) is 9.84 Å². The van der Waals surface area contributed by atoms with Crippen LogP contribution in [0.3, 0.4) is 0 Å². The van der Waals surface area contributed by atoms with Crippen LogP contribution in [-0.2, 0) is 26.0 Å². The zero-order chi connectivity index (χ0) is 15.6. The standard InChI is InChI=1S/C14H18N2O4S/c1-10-14(18)16(8-7-13(17)15-10)9-11-3-5-12(6-4-11)21(2,19)20/h3-6,10H,7-9H2,1-2H3,(H,15,17). The fraction of sp³-hybridized carbons (Fsp3) is 0.429. The van der Waals surface area contributed by atoms with Crippen molar-refractivity contribution in [1.29, 1.82) is 0 Å². The molecule has 7 heteroatoms. The first kappa shape index (κ1) is 15.5. The van der Waals surface area contributed by atoms with Crippen LogP contribution in [0.4, 0.5) is 0 Å². The quantitative estimate of drug-likeness (QED) is 0.872. The summed E-state index contributed by atoms with van der Waals surface area (Å²) in [5.41, 5.74) is 0.831. The number of rotatable bonds is 3. The van der Waals surface area contributed by atoms with E-state index in [4.69, 9.17) is 0 Å². The Bertz CT molecular complexity index is 652. The second-order valence-corrected chi connectivity index (χ2v) is 7.23. The molecule has 1 N–H and O–H groups in total. The van der Waals surface area contributed by atoms with E-state index in [0.717, 1.165) is 11.8 Å². The van der Waals surface area contributed by atoms with Gasteiger partial charge in [0.05, 0.1) is 4.90 Å². The Morgan fingerprint density at radius 2 is 1.86 bits per heavy atom. The molecular weight excluding hydrogens is 292 g/mol. The molecule has 1 atom stereocenters. The minimum absolute atomic E-state index is 0.131. The first-order valence-electron chi connectivity index (χ1n) is 6.64. The number of carbonyl (C=O) groups excluding carboxylic acids is 2. The summed E-state index contributed by atoms with van der Waals surface area (Å²) < 4.78 is 22.8. The largest absolute Gasteiger partial charge is 0.345 e. The van der Waals surface area contributed by atoms with Crippen molar-refractivity contribution < 1.29 is 18.0 Å². The van der Waals surface area contributed by atoms with Crippen molar-refractivity contribution in [1.82, 2.24) is 10.2 Å². The zero-order valence-corrected chi connectivity index (χ0v) is 12.8. The molecular formula is C14H18N2O4S. The SMILES string of the molecule is CC1NC(=O)CCN(Cc2ccc(S(C)(=O)=O)cc2)C1=O. The molecule has 0 radical (unpaired) electrons. The average Bonchev–Trinajstić information content (AvgIpc) is 2.52. The highest BCUT2D eigenvalue weighted by Gasteiger charge is 2.26. The maximum Gasteiger partial charge on any atom is 0.245 e. The molecule has 1 fully saturated rings. The van der Waals surface area contributed by atoms with Crippen LogP contribution in [0, 0.1) is 0 Å². The number of hydrogen-bond acceptors (Lipinski definition) is 4. The number of amides is 2. The molecule has 1 aromatic carbocycles. The number of sulfone groups is 1. The Kier molecular flexibility index (Phi) is 4.32. The van der Waals surface area contributed by atoms with E-state index in [-0.39, 0.29) is 23.1 Å². The van der Waals surface area contributed by atoms with Crippen LogP contribution >= 0.6 is 0 Å². The lowest BCUT2D eigenvalue weighted by molar-refractivity contribution is -0.133. The second-order valence-electron chi connectivity index (χ2n) is 5.22. The van der Waals surface area contributed by atoms with Crippen molar-refractivity contribution in [3.63, 3.8) is 0 Å². The van der Waals surface area contributed by atoms with Gasteiger partial charge >= 0.3 is 0 Å². The van der Waals surface area contributed by atoms with Crippen LogP contribution in [0.5, 0.6) is 0 Å². The third kappa shape index (κ3) is 3.81. The summed E-state index contributed by atoms with van der Waals surface area (Å²) in [6, 6.07) is 5.90. The highest BCUT2D eigenvalue weighted by atomic mass is 32.2. The molecule has 1 saturated heterocycles. The van der Waals surface area contributed by atoms with E-state index in [1.165, 1.54) is 12.1 Å². The van der Waals surface area contributed by atoms with Gasteiger partial charge < -0.3 is 10.2 Å². The average molecular weight is 310 g/mol. The molecule has 2 rings (SSSR count). The summed E-state index contributed by atoms with van der Waals surface area (Å²) in [5.74, 6) is -0.265. The minimum atomic E-state index is -3.22. The number of nitrogens with one attached hydrogen (secondary N) is 1. The van der Waals surface area contributed by atoms with E-state index in [2.05, 4.69) is 5.32 Å². The van der Waals surface area contributed by atoms with Crippen molar-refractivity contribution in [3.8, 4) is 0 Å². The summed E-state index contributed by atoms with van der Waals surface area (Å²) in [7, 11) is -3.22. The fourth-order valence-corrected chi connectivity index (χ4v) is 2.85. The van der Waals surface area contributed by atoms with Gasteiger partial charge in [-0.25, -0.2) is 8.42 Å². The molecule has 0 spiro atoms. The fourth-order valence-electron chi connectivity index (χ4n) is 2.22. The Labute approximate surface area is 124 Å². The molecule has 1 unspecified atom stereocenters. The van der Waals surface area contributed by atoms with Gasteiger partial charge in [-0.2, -0.15) is 0 Å². The van der Waals surface area contributed by atoms with E-state index >= 15 is 0 Å². The van der Waals surface area contributed by atoms with E-state index < -0.39 is 15.9 Å². The van der Waals surface area contributed by atoms with E-state index in [1.807, 2.05) is 0 Å². The minimum Gasteiger partial charge on any atom is -0.345 e. The van der Waals surface area contributed by atoms with E-state index in [9.17, 15) is 18.0 Å². The molecule has 2 amide bonds. The van der Waals surface area contributed by atoms with Crippen LogP contribution in [0.1, 0.15) is 18.9 Å². The van der Waals surface area contributed by atoms with E-state index in [1.54, 1.807) is 24.0 Å². The maximum atomic E-state index is 12.1. The van der Waals surface area contributed by atoms with Gasteiger partial charge in [0.25, 0.3) is 0 Å². The molecule has 6 nitrogen and oxygen atoms in total. The van der Waals surface area contributed by atoms with Crippen LogP contribution in [-0.4, -0.2) is 44.0 Å². The molecule has 1 aliphatic heterocycles. The Balaban J connectivity index is 2.13. The Morgan fingerprint density at radius 3 is 2.43 bits per heavy atom. The first-order chi connectivity index (χ1) is 9.77. The zero-order valence-electron chi connectivity index (χ0n) is 12.0. The molecule has 0 aliphatic carbocycles. The molecule has 114 valence electrons. The van der Waals surface area contributed by atoms with Crippen molar-refractivity contribution in [2.24, 2.45) is 0 Å². The van der Waals surface area contributed by atoms with Crippen LogP contribution in [0.25, 0.3) is 0 Å². The Hall–Kier alpha value is -1.89. The number of carbonyl (C=O) groups is 2. The summed E-state index contributed by atoms with van der Waals surface area (Å²) >= 11 is 0. The molecule has 0 saturated carbocycles. The van der Waals surface area contributed by atoms with Crippen LogP contribution < -0.4 is 5.32 Å². The van der Waals surface area contributed by atoms with Gasteiger partial charge in [-0.15, -0.1) is 0 Å². The van der Waals surface area contributed by atoms with Gasteiger partial charge in [0.2, 0.25) is 11.8 Å². The molecule has 1 aromatic rings. The predicted octanol–water partition coefficient (Wildman–Crippen LogP) is 0.327. The van der Waals surface area contributed by atoms with Gasteiger partial charge in [0, 0.05) is 25.8 Å². The van der Waals surface area contributed by atoms with Gasteiger partial charge in [-0.3, -0.25) is 9.59 Å². The lowest BCUT2D eigenvalue weighted by atomic mass is 10.2. The smallest absolute Gasteiger partial charge is 0.245 e. The second kappa shape index (κ2) is 5.85. The lowest BCUT2D eigenvalue weighted by Crippen LogP contribution is -2.42. The highest BCUT2D eigenvalue weighted by Crippen LogP contribution is 2.14. The van der Waals surface area contributed by atoms with Crippen molar-refractivity contribution >= 4 is 21.7 Å². The first-order valence-corrected chi connectivity index (χ1v) is 8.53. The molecule has 1 heterocycles. The number of hydrogen-bond donors (Lipinski definition) is 1. The normalized spacial score (nSPS) is 20.1. The van der Waals surface area contributed by atoms with Crippen LogP contribution in [0.15, 0.2) is 29.2 Å². The van der Waals surface area contributed by atoms with Gasteiger partial charge in [-0.1, -0.05) is 12.1 Å². The third-order valence-electron chi connectivity index (χ3n) is 3.39. The lowest BCUT2D eigenvalue weighted by Gasteiger charge is -2.22. The summed E-state index contributed by atoms with van der Waals surface area (Å²) in [5, 5.41) is 2.63. The number of benzene rings is 1. The Morgan fingerprint density at radius 1 is 1.24 bits per heavy atom. The maximum absolute atomic E-state index is 12.1. The van der Waals surface area contributed by atoms with Crippen molar-refractivity contribution in [2.75, 3.05) is 12.8 Å². The summed E-state index contributed by atoms with van der Waals surface area (Å²) in [6.07, 6.45) is 1.43. The topological polar surface area (TPSA) is 83.6 Å². The molecule has 0 aromatic heterocycles. The highest BCUT2D eigenvalue weighted by molar-refractivity contribution is 7.90. The molecule has 1 aliphatic rings. The molecule has 0 bridgehead atoms. The van der Waals surface area contributed by atoms with Crippen molar-refractivity contribution in [3.05, 3.63) is 29.8 Å². The molecule has 21 heavy (non-hydrogen) atoms.